The standard InChI is InChI=1S/C17H25N3O/c1-13-6-9-19(10-7-13)17(21)12-20-8-2-3-14-11-15(18)4-5-16(14)20/h4-5,11,13H,2-3,6-10,12,18H2,1H3. The van der Waals surface area contributed by atoms with Crippen molar-refractivity contribution in [1.82, 2.24) is 4.90 Å². The summed E-state index contributed by atoms with van der Waals surface area (Å²) in [6, 6.07) is 6.05. The van der Waals surface area contributed by atoms with E-state index in [4.69, 9.17) is 5.73 Å². The summed E-state index contributed by atoms with van der Waals surface area (Å²) < 4.78 is 0. The summed E-state index contributed by atoms with van der Waals surface area (Å²) in [5, 5.41) is 0. The van der Waals surface area contributed by atoms with Crippen molar-refractivity contribution >= 4 is 17.3 Å². The number of hydrogen-bond donors (Lipinski definition) is 1. The second-order valence-corrected chi connectivity index (χ2v) is 6.48. The predicted molar refractivity (Wildman–Crippen MR) is 86.4 cm³/mol. The fourth-order valence-corrected chi connectivity index (χ4v) is 3.38. The molecule has 1 aromatic carbocycles. The molecule has 0 unspecified atom stereocenters. The summed E-state index contributed by atoms with van der Waals surface area (Å²) in [5.74, 6) is 1.03. The van der Waals surface area contributed by atoms with Crippen molar-refractivity contribution in [1.29, 1.82) is 0 Å². The van der Waals surface area contributed by atoms with Crippen LogP contribution in [0.3, 0.4) is 0 Å². The highest BCUT2D eigenvalue weighted by Crippen LogP contribution is 2.29. The van der Waals surface area contributed by atoms with Crippen molar-refractivity contribution < 1.29 is 4.79 Å². The lowest BCUT2D eigenvalue weighted by atomic mass is 9.99. The molecule has 4 heteroatoms. The van der Waals surface area contributed by atoms with Gasteiger partial charge in [0.2, 0.25) is 5.91 Å². The lowest BCUT2D eigenvalue weighted by Crippen LogP contribution is -2.45. The van der Waals surface area contributed by atoms with Gasteiger partial charge < -0.3 is 15.5 Å². The number of amides is 1. The van der Waals surface area contributed by atoms with E-state index < -0.39 is 0 Å². The molecule has 0 spiro atoms. The van der Waals surface area contributed by atoms with Gasteiger partial charge in [-0.15, -0.1) is 0 Å². The van der Waals surface area contributed by atoms with Crippen LogP contribution in [0.15, 0.2) is 18.2 Å². The highest BCUT2D eigenvalue weighted by atomic mass is 16.2. The molecule has 2 N–H and O–H groups in total. The number of nitrogens with zero attached hydrogens (tertiary/aromatic N) is 2. The molecule has 1 fully saturated rings. The second-order valence-electron chi connectivity index (χ2n) is 6.48. The molecule has 114 valence electrons. The van der Waals surface area contributed by atoms with Crippen molar-refractivity contribution in [3.05, 3.63) is 23.8 Å². The molecule has 2 aliphatic rings. The Bertz CT molecular complexity index is 521. The summed E-state index contributed by atoms with van der Waals surface area (Å²) in [7, 11) is 0. The molecule has 0 saturated carbocycles. The number of carbonyl (C=O) groups is 1. The van der Waals surface area contributed by atoms with Crippen LogP contribution >= 0.6 is 0 Å². The molecule has 3 rings (SSSR count). The Hall–Kier alpha value is -1.71. The highest BCUT2D eigenvalue weighted by Gasteiger charge is 2.24. The third-order valence-electron chi connectivity index (χ3n) is 4.78. The fraction of sp³-hybridized carbons (Fsp3) is 0.588. The second kappa shape index (κ2) is 5.96. The first-order valence-corrected chi connectivity index (χ1v) is 8.04. The summed E-state index contributed by atoms with van der Waals surface area (Å²) in [6.45, 7) is 5.58. The first-order chi connectivity index (χ1) is 10.1. The van der Waals surface area contributed by atoms with E-state index in [9.17, 15) is 4.79 Å². The van der Waals surface area contributed by atoms with Gasteiger partial charge >= 0.3 is 0 Å². The Kier molecular flexibility index (Phi) is 4.04. The Morgan fingerprint density at radius 3 is 2.81 bits per heavy atom. The van der Waals surface area contributed by atoms with Gasteiger partial charge in [0.25, 0.3) is 0 Å². The Balaban J connectivity index is 1.67. The number of nitrogens with two attached hydrogens (primary N) is 1. The number of likely N-dealkylation sites (tertiary alicyclic amines) is 1. The summed E-state index contributed by atoms with van der Waals surface area (Å²) in [4.78, 5) is 16.8. The van der Waals surface area contributed by atoms with Gasteiger partial charge in [0, 0.05) is 31.0 Å². The molecule has 2 aliphatic heterocycles. The zero-order valence-electron chi connectivity index (χ0n) is 12.8. The third-order valence-corrected chi connectivity index (χ3v) is 4.78. The number of piperidine rings is 1. The van der Waals surface area contributed by atoms with Gasteiger partial charge in [-0.2, -0.15) is 0 Å². The van der Waals surface area contributed by atoms with E-state index in [1.165, 1.54) is 11.3 Å². The molecule has 0 radical (unpaired) electrons. The van der Waals surface area contributed by atoms with Crippen LogP contribution in [-0.2, 0) is 11.2 Å². The highest BCUT2D eigenvalue weighted by molar-refractivity contribution is 5.82. The topological polar surface area (TPSA) is 49.6 Å². The van der Waals surface area contributed by atoms with E-state index in [0.29, 0.717) is 6.54 Å². The Morgan fingerprint density at radius 1 is 1.29 bits per heavy atom. The van der Waals surface area contributed by atoms with E-state index in [0.717, 1.165) is 56.9 Å². The first-order valence-electron chi connectivity index (χ1n) is 8.04. The molecular formula is C17H25N3O. The van der Waals surface area contributed by atoms with Crippen LogP contribution in [0.25, 0.3) is 0 Å². The molecule has 0 aromatic heterocycles. The number of carbonyl (C=O) groups excluding carboxylic acids is 1. The molecule has 21 heavy (non-hydrogen) atoms. The predicted octanol–water partition coefficient (Wildman–Crippen LogP) is 2.28. The quantitative estimate of drug-likeness (QED) is 0.849. The summed E-state index contributed by atoms with van der Waals surface area (Å²) >= 11 is 0. The number of nitrogen functional groups attached to an aromatic ring is 1. The number of aryl methyl sites for hydroxylation is 1. The van der Waals surface area contributed by atoms with Gasteiger partial charge in [-0.3, -0.25) is 4.79 Å². The molecule has 0 aliphatic carbocycles. The van der Waals surface area contributed by atoms with E-state index in [2.05, 4.69) is 24.0 Å². The average Bonchev–Trinajstić information content (AvgIpc) is 2.47. The van der Waals surface area contributed by atoms with E-state index >= 15 is 0 Å². The molecule has 1 amide bonds. The zero-order valence-corrected chi connectivity index (χ0v) is 12.8. The van der Waals surface area contributed by atoms with Crippen molar-refractivity contribution in [2.24, 2.45) is 5.92 Å². The summed E-state index contributed by atoms with van der Waals surface area (Å²) in [5.41, 5.74) is 9.14. The summed E-state index contributed by atoms with van der Waals surface area (Å²) in [6.07, 6.45) is 4.44. The third kappa shape index (κ3) is 3.14. The maximum Gasteiger partial charge on any atom is 0.242 e. The lowest BCUT2D eigenvalue weighted by molar-refractivity contribution is -0.131. The molecular weight excluding hydrogens is 262 g/mol. The number of benzene rings is 1. The monoisotopic (exact) mass is 287 g/mol. The van der Waals surface area contributed by atoms with Gasteiger partial charge in [-0.1, -0.05) is 6.92 Å². The SMILES string of the molecule is CC1CCN(C(=O)CN2CCCc3cc(N)ccc32)CC1. The molecule has 1 saturated heterocycles. The van der Waals surface area contributed by atoms with Gasteiger partial charge in [0.1, 0.15) is 0 Å². The Morgan fingerprint density at radius 2 is 2.05 bits per heavy atom. The molecule has 0 atom stereocenters. The largest absolute Gasteiger partial charge is 0.399 e. The van der Waals surface area contributed by atoms with Gasteiger partial charge in [0.15, 0.2) is 0 Å². The van der Waals surface area contributed by atoms with Crippen LogP contribution in [0.5, 0.6) is 0 Å². The van der Waals surface area contributed by atoms with Crippen LogP contribution in [0.4, 0.5) is 11.4 Å². The molecule has 0 bridgehead atoms. The first kappa shape index (κ1) is 14.2. The van der Waals surface area contributed by atoms with Crippen LogP contribution < -0.4 is 10.6 Å². The van der Waals surface area contributed by atoms with Crippen molar-refractivity contribution in [2.45, 2.75) is 32.6 Å². The van der Waals surface area contributed by atoms with E-state index in [1.807, 2.05) is 11.0 Å². The minimum Gasteiger partial charge on any atom is -0.399 e. The van der Waals surface area contributed by atoms with Crippen molar-refractivity contribution in [3.8, 4) is 0 Å². The number of anilines is 2. The van der Waals surface area contributed by atoms with Crippen LogP contribution in [0.2, 0.25) is 0 Å². The minimum absolute atomic E-state index is 0.270. The maximum atomic E-state index is 12.5. The van der Waals surface area contributed by atoms with Crippen molar-refractivity contribution in [2.75, 3.05) is 36.8 Å². The average molecular weight is 287 g/mol. The fourth-order valence-electron chi connectivity index (χ4n) is 3.38. The van der Waals surface area contributed by atoms with E-state index in [-0.39, 0.29) is 5.91 Å². The molecule has 4 nitrogen and oxygen atoms in total. The van der Waals surface area contributed by atoms with Gasteiger partial charge in [-0.05, 0) is 55.4 Å². The van der Waals surface area contributed by atoms with Crippen LogP contribution in [0.1, 0.15) is 31.7 Å². The smallest absolute Gasteiger partial charge is 0.242 e. The van der Waals surface area contributed by atoms with E-state index in [1.54, 1.807) is 0 Å². The van der Waals surface area contributed by atoms with Crippen LogP contribution in [0, 0.1) is 5.92 Å². The number of rotatable bonds is 2. The normalized spacial score (nSPS) is 19.5. The maximum absolute atomic E-state index is 12.5. The van der Waals surface area contributed by atoms with Crippen molar-refractivity contribution in [3.63, 3.8) is 0 Å². The minimum atomic E-state index is 0.270. The lowest BCUT2D eigenvalue weighted by Gasteiger charge is -2.35. The zero-order chi connectivity index (χ0) is 14.8. The van der Waals surface area contributed by atoms with Gasteiger partial charge in [-0.25, -0.2) is 0 Å². The van der Waals surface area contributed by atoms with Gasteiger partial charge in [0.05, 0.1) is 6.54 Å². The Labute approximate surface area is 126 Å². The van der Waals surface area contributed by atoms with Crippen LogP contribution in [-0.4, -0.2) is 37.0 Å². The number of hydrogen-bond acceptors (Lipinski definition) is 3. The number of fused-ring (bicyclic) bond motifs is 1. The molecule has 1 aromatic rings. The molecule has 2 heterocycles.